The molecule has 110 valence electrons. The zero-order valence-electron chi connectivity index (χ0n) is 11.1. The number of halogens is 2. The lowest BCUT2D eigenvalue weighted by molar-refractivity contribution is -0.116. The van der Waals surface area contributed by atoms with E-state index < -0.39 is 0 Å². The van der Waals surface area contributed by atoms with Crippen molar-refractivity contribution in [1.82, 2.24) is 9.55 Å². The van der Waals surface area contributed by atoms with E-state index in [1.165, 1.54) is 16.8 Å². The Bertz CT molecular complexity index is 760. The number of nitrogen functional groups attached to an aromatic ring is 1. The highest BCUT2D eigenvalue weighted by molar-refractivity contribution is 9.10. The largest absolute Gasteiger partial charge is 0.397 e. The average Bonchev–Trinajstić information content (AvgIpc) is 2.42. The van der Waals surface area contributed by atoms with Crippen LogP contribution in [-0.4, -0.2) is 15.5 Å². The molecular formula is C13H12BrClN4O2. The summed E-state index contributed by atoms with van der Waals surface area (Å²) in [5.41, 5.74) is 6.24. The van der Waals surface area contributed by atoms with Gasteiger partial charge in [0.2, 0.25) is 5.91 Å². The summed E-state index contributed by atoms with van der Waals surface area (Å²) in [5, 5.41) is 3.11. The number of benzene rings is 1. The van der Waals surface area contributed by atoms with Crippen molar-refractivity contribution in [2.75, 3.05) is 11.1 Å². The third-order valence-corrected chi connectivity index (χ3v) is 3.57. The van der Waals surface area contributed by atoms with E-state index in [1.807, 2.05) is 0 Å². The zero-order chi connectivity index (χ0) is 15.6. The lowest BCUT2D eigenvalue weighted by Gasteiger charge is -2.11. The van der Waals surface area contributed by atoms with Crippen LogP contribution in [0.3, 0.4) is 0 Å². The van der Waals surface area contributed by atoms with Crippen molar-refractivity contribution < 1.29 is 4.79 Å². The van der Waals surface area contributed by atoms with Gasteiger partial charge in [0.15, 0.2) is 0 Å². The van der Waals surface area contributed by atoms with Gasteiger partial charge in [-0.05, 0) is 41.1 Å². The van der Waals surface area contributed by atoms with Gasteiger partial charge in [-0.3, -0.25) is 14.2 Å². The number of amides is 1. The molecule has 0 aliphatic rings. The Hall–Kier alpha value is -1.86. The molecule has 2 aromatic rings. The van der Waals surface area contributed by atoms with E-state index in [0.717, 1.165) is 0 Å². The fraction of sp³-hybridized carbons (Fsp3) is 0.154. The second-order valence-corrected chi connectivity index (χ2v) is 5.62. The van der Waals surface area contributed by atoms with Crippen LogP contribution >= 0.6 is 27.5 Å². The molecule has 2 rings (SSSR count). The highest BCUT2D eigenvalue weighted by Gasteiger charge is 2.11. The van der Waals surface area contributed by atoms with Crippen LogP contribution in [0.1, 0.15) is 5.82 Å². The first-order chi connectivity index (χ1) is 9.88. The van der Waals surface area contributed by atoms with Gasteiger partial charge >= 0.3 is 0 Å². The molecule has 0 bridgehead atoms. The highest BCUT2D eigenvalue weighted by atomic mass is 79.9. The number of rotatable bonds is 3. The maximum Gasteiger partial charge on any atom is 0.268 e. The number of hydrogen-bond acceptors (Lipinski definition) is 4. The number of carbonyl (C=O) groups excluding carboxylic acids is 1. The Kier molecular flexibility index (Phi) is 4.64. The molecule has 21 heavy (non-hydrogen) atoms. The van der Waals surface area contributed by atoms with Crippen molar-refractivity contribution in [1.29, 1.82) is 0 Å². The van der Waals surface area contributed by atoms with Gasteiger partial charge in [-0.1, -0.05) is 11.6 Å². The van der Waals surface area contributed by atoms with Crippen LogP contribution in [0.5, 0.6) is 0 Å². The monoisotopic (exact) mass is 370 g/mol. The summed E-state index contributed by atoms with van der Waals surface area (Å²) < 4.78 is 1.57. The molecule has 0 fully saturated rings. The fourth-order valence-electron chi connectivity index (χ4n) is 1.72. The van der Waals surface area contributed by atoms with Crippen molar-refractivity contribution in [2.45, 2.75) is 13.5 Å². The Balaban J connectivity index is 2.20. The number of anilines is 2. The van der Waals surface area contributed by atoms with Gasteiger partial charge in [-0.2, -0.15) is 0 Å². The van der Waals surface area contributed by atoms with Crippen molar-refractivity contribution in [2.24, 2.45) is 0 Å². The molecule has 0 aliphatic heterocycles. The number of aryl methyl sites for hydroxylation is 1. The normalized spacial score (nSPS) is 10.4. The van der Waals surface area contributed by atoms with E-state index in [2.05, 4.69) is 26.2 Å². The maximum atomic E-state index is 12.0. The summed E-state index contributed by atoms with van der Waals surface area (Å²) in [4.78, 5) is 28.0. The van der Waals surface area contributed by atoms with Gasteiger partial charge in [0, 0.05) is 11.2 Å². The second kappa shape index (κ2) is 6.28. The number of hydrogen-bond donors (Lipinski definition) is 2. The third kappa shape index (κ3) is 3.62. The van der Waals surface area contributed by atoms with Gasteiger partial charge in [-0.15, -0.1) is 0 Å². The molecule has 8 heteroatoms. The van der Waals surface area contributed by atoms with Gasteiger partial charge in [0.1, 0.15) is 16.8 Å². The minimum absolute atomic E-state index is 0.154. The number of nitrogens with one attached hydrogen (secondary N) is 1. The Labute approximate surface area is 134 Å². The van der Waals surface area contributed by atoms with Crippen molar-refractivity contribution in [3.63, 3.8) is 0 Å². The van der Waals surface area contributed by atoms with E-state index in [9.17, 15) is 9.59 Å². The second-order valence-electron chi connectivity index (χ2n) is 4.32. The molecule has 0 radical (unpaired) electrons. The minimum Gasteiger partial charge on any atom is -0.397 e. The van der Waals surface area contributed by atoms with Crippen LogP contribution in [-0.2, 0) is 11.3 Å². The summed E-state index contributed by atoms with van der Waals surface area (Å²) in [7, 11) is 0. The molecule has 0 unspecified atom stereocenters. The lowest BCUT2D eigenvalue weighted by Crippen LogP contribution is -2.30. The Morgan fingerprint density at radius 2 is 2.24 bits per heavy atom. The minimum atomic E-state index is -0.380. The molecule has 1 amide bonds. The molecule has 1 heterocycles. The SMILES string of the molecule is Cc1ncc(Br)c(=O)n1CC(=O)Nc1ccc(Cl)cc1N. The van der Waals surface area contributed by atoms with E-state index in [4.69, 9.17) is 17.3 Å². The third-order valence-electron chi connectivity index (χ3n) is 2.79. The molecule has 0 aliphatic carbocycles. The standard InChI is InChI=1S/C13H12BrClN4O2/c1-7-17-5-9(14)13(21)19(7)6-12(20)18-11-3-2-8(15)4-10(11)16/h2-5H,6,16H2,1H3,(H,18,20). The highest BCUT2D eigenvalue weighted by Crippen LogP contribution is 2.22. The van der Waals surface area contributed by atoms with E-state index in [0.29, 0.717) is 26.7 Å². The maximum absolute atomic E-state index is 12.0. The van der Waals surface area contributed by atoms with E-state index in [1.54, 1.807) is 19.1 Å². The van der Waals surface area contributed by atoms with Crippen LogP contribution in [0.25, 0.3) is 0 Å². The average molecular weight is 372 g/mol. The summed E-state index contributed by atoms with van der Waals surface area (Å²) in [6.07, 6.45) is 1.41. The molecule has 1 aromatic carbocycles. The zero-order valence-corrected chi connectivity index (χ0v) is 13.4. The van der Waals surface area contributed by atoms with Gasteiger partial charge in [0.25, 0.3) is 5.56 Å². The molecule has 3 N–H and O–H groups in total. The number of carbonyl (C=O) groups is 1. The van der Waals surface area contributed by atoms with Crippen LogP contribution < -0.4 is 16.6 Å². The Morgan fingerprint density at radius 3 is 2.90 bits per heavy atom. The smallest absolute Gasteiger partial charge is 0.268 e. The summed E-state index contributed by atoms with van der Waals surface area (Å²) in [5.74, 6) is 0.0663. The molecule has 0 spiro atoms. The van der Waals surface area contributed by atoms with Crippen molar-refractivity contribution >= 4 is 44.8 Å². The first kappa shape index (κ1) is 15.5. The number of nitrogens with two attached hydrogens (primary N) is 1. The fourth-order valence-corrected chi connectivity index (χ4v) is 2.21. The number of aromatic nitrogens is 2. The molecule has 1 aromatic heterocycles. The molecule has 0 atom stereocenters. The Morgan fingerprint density at radius 1 is 1.52 bits per heavy atom. The number of nitrogens with zero attached hydrogens (tertiary/aromatic N) is 2. The van der Waals surface area contributed by atoms with Crippen LogP contribution in [0.4, 0.5) is 11.4 Å². The molecule has 6 nitrogen and oxygen atoms in total. The lowest BCUT2D eigenvalue weighted by atomic mass is 10.2. The molecule has 0 saturated carbocycles. The predicted molar refractivity (Wildman–Crippen MR) is 85.4 cm³/mol. The quantitative estimate of drug-likeness (QED) is 0.809. The first-order valence-corrected chi connectivity index (χ1v) is 7.12. The van der Waals surface area contributed by atoms with E-state index >= 15 is 0 Å². The van der Waals surface area contributed by atoms with Crippen molar-refractivity contribution in [3.8, 4) is 0 Å². The summed E-state index contributed by atoms with van der Waals surface area (Å²) in [6, 6.07) is 4.76. The van der Waals surface area contributed by atoms with Crippen LogP contribution in [0.15, 0.2) is 33.7 Å². The van der Waals surface area contributed by atoms with Crippen LogP contribution in [0, 0.1) is 6.92 Å². The van der Waals surface area contributed by atoms with Gasteiger partial charge < -0.3 is 11.1 Å². The topological polar surface area (TPSA) is 90.0 Å². The first-order valence-electron chi connectivity index (χ1n) is 5.95. The summed E-state index contributed by atoms with van der Waals surface area (Å²) >= 11 is 8.88. The van der Waals surface area contributed by atoms with Crippen molar-refractivity contribution in [3.05, 3.63) is 50.1 Å². The molecular weight excluding hydrogens is 360 g/mol. The van der Waals surface area contributed by atoms with Gasteiger partial charge in [-0.25, -0.2) is 4.98 Å². The van der Waals surface area contributed by atoms with Gasteiger partial charge in [0.05, 0.1) is 11.4 Å². The molecule has 0 saturated heterocycles. The van der Waals surface area contributed by atoms with Crippen LogP contribution in [0.2, 0.25) is 5.02 Å². The predicted octanol–water partition coefficient (Wildman–Crippen LogP) is 2.19. The summed E-state index contributed by atoms with van der Waals surface area (Å²) in [6.45, 7) is 1.50. The van der Waals surface area contributed by atoms with E-state index in [-0.39, 0.29) is 18.0 Å².